The van der Waals surface area contributed by atoms with Gasteiger partial charge in [-0.1, -0.05) is 35.0 Å². The average Bonchev–Trinajstić information content (AvgIpc) is 2.65. The molecule has 1 N–H and O–H groups in total. The van der Waals surface area contributed by atoms with Crippen molar-refractivity contribution in [3.8, 4) is 0 Å². The van der Waals surface area contributed by atoms with Gasteiger partial charge in [0.25, 0.3) is 0 Å². The maximum atomic E-state index is 3.64. The van der Waals surface area contributed by atoms with Crippen LogP contribution in [0.15, 0.2) is 42.4 Å². The van der Waals surface area contributed by atoms with E-state index >= 15 is 0 Å². The van der Waals surface area contributed by atoms with Crippen molar-refractivity contribution in [3.63, 3.8) is 0 Å². The normalized spacial score (nSPS) is 12.7. The van der Waals surface area contributed by atoms with E-state index in [0.29, 0.717) is 0 Å². The first-order valence-corrected chi connectivity index (χ1v) is 8.75. The van der Waals surface area contributed by atoms with Crippen molar-refractivity contribution >= 4 is 59.1 Å². The fourth-order valence-electron chi connectivity index (χ4n) is 1.85. The van der Waals surface area contributed by atoms with Gasteiger partial charge in [-0.2, -0.15) is 0 Å². The minimum atomic E-state index is 0.212. The van der Waals surface area contributed by atoms with Crippen LogP contribution in [0.4, 0.5) is 0 Å². The molecule has 0 saturated carbocycles. The molecule has 1 aromatic carbocycles. The van der Waals surface area contributed by atoms with Gasteiger partial charge in [0.05, 0.1) is 13.6 Å². The molecule has 5 heteroatoms. The van der Waals surface area contributed by atoms with Crippen LogP contribution < -0.4 is 5.32 Å². The smallest absolute Gasteiger partial charge is 0.0761 e. The van der Waals surface area contributed by atoms with E-state index in [9.17, 15) is 0 Å². The second-order valence-corrected chi connectivity index (χ2v) is 8.49. The predicted octanol–water partition coefficient (Wildman–Crippen LogP) is 5.73. The van der Waals surface area contributed by atoms with Gasteiger partial charge in [0.1, 0.15) is 0 Å². The highest BCUT2D eigenvalue weighted by molar-refractivity contribution is 9.12. The third-order valence-electron chi connectivity index (χ3n) is 2.58. The minimum absolute atomic E-state index is 0.212. The minimum Gasteiger partial charge on any atom is -0.306 e. The van der Waals surface area contributed by atoms with Crippen molar-refractivity contribution in [2.75, 3.05) is 6.54 Å². The molecule has 18 heavy (non-hydrogen) atoms. The molecule has 0 aliphatic heterocycles. The largest absolute Gasteiger partial charge is 0.306 e. The number of hydrogen-bond donors (Lipinski definition) is 1. The first-order chi connectivity index (χ1) is 8.61. The standard InChI is InChI=1S/C13H12Br3NS/c1-2-17-12(8-4-3-5-9(14)6-8)10-7-11(15)18-13(10)16/h3-7,12,17H,2H2,1H3. The summed E-state index contributed by atoms with van der Waals surface area (Å²) >= 11 is 12.4. The molecule has 0 spiro atoms. The number of benzene rings is 1. The van der Waals surface area contributed by atoms with E-state index < -0.39 is 0 Å². The third kappa shape index (κ3) is 3.45. The van der Waals surface area contributed by atoms with Crippen molar-refractivity contribution < 1.29 is 0 Å². The molecule has 0 fully saturated rings. The lowest BCUT2D eigenvalue weighted by molar-refractivity contribution is 0.630. The highest BCUT2D eigenvalue weighted by atomic mass is 79.9. The number of rotatable bonds is 4. The number of thiophene rings is 1. The van der Waals surface area contributed by atoms with Crippen LogP contribution in [0.25, 0.3) is 0 Å². The molecule has 1 nitrogen and oxygen atoms in total. The van der Waals surface area contributed by atoms with E-state index in [0.717, 1.165) is 14.8 Å². The summed E-state index contributed by atoms with van der Waals surface area (Å²) in [6.45, 7) is 3.05. The molecule has 0 amide bonds. The predicted molar refractivity (Wildman–Crippen MR) is 89.4 cm³/mol. The van der Waals surface area contributed by atoms with Crippen molar-refractivity contribution in [2.45, 2.75) is 13.0 Å². The van der Waals surface area contributed by atoms with Crippen molar-refractivity contribution in [1.82, 2.24) is 5.32 Å². The molecular weight excluding hydrogens is 442 g/mol. The molecule has 2 aromatic rings. The van der Waals surface area contributed by atoms with Gasteiger partial charge in [-0.05, 0) is 67.7 Å². The van der Waals surface area contributed by atoms with Gasteiger partial charge in [-0.15, -0.1) is 11.3 Å². The molecule has 1 heterocycles. The summed E-state index contributed by atoms with van der Waals surface area (Å²) in [4.78, 5) is 0. The molecule has 0 aliphatic carbocycles. The first-order valence-electron chi connectivity index (χ1n) is 5.55. The van der Waals surface area contributed by atoms with E-state index in [1.54, 1.807) is 11.3 Å². The Hall–Kier alpha value is 0.320. The molecule has 1 aromatic heterocycles. The molecule has 1 unspecified atom stereocenters. The summed E-state index contributed by atoms with van der Waals surface area (Å²) in [7, 11) is 0. The fraction of sp³-hybridized carbons (Fsp3) is 0.231. The van der Waals surface area contributed by atoms with Gasteiger partial charge in [0.15, 0.2) is 0 Å². The highest BCUT2D eigenvalue weighted by Gasteiger charge is 2.18. The van der Waals surface area contributed by atoms with E-state index in [1.807, 2.05) is 6.07 Å². The summed E-state index contributed by atoms with van der Waals surface area (Å²) in [5.74, 6) is 0. The zero-order chi connectivity index (χ0) is 13.1. The molecule has 0 radical (unpaired) electrons. The Kier molecular flexibility index (Phi) is 5.45. The Morgan fingerprint density at radius 2 is 2.00 bits per heavy atom. The van der Waals surface area contributed by atoms with Crippen molar-refractivity contribution in [3.05, 3.63) is 53.5 Å². The molecule has 0 bridgehead atoms. The third-order valence-corrected chi connectivity index (χ3v) is 5.46. The maximum Gasteiger partial charge on any atom is 0.0761 e. The molecule has 1 atom stereocenters. The van der Waals surface area contributed by atoms with E-state index in [4.69, 9.17) is 0 Å². The van der Waals surface area contributed by atoms with Crippen LogP contribution in [0.1, 0.15) is 24.1 Å². The summed E-state index contributed by atoms with van der Waals surface area (Å²) in [5.41, 5.74) is 2.53. The van der Waals surface area contributed by atoms with Crippen LogP contribution >= 0.6 is 59.1 Å². The lowest BCUT2D eigenvalue weighted by Gasteiger charge is -2.18. The number of halogens is 3. The molecular formula is C13H12Br3NS. The lowest BCUT2D eigenvalue weighted by Crippen LogP contribution is -2.21. The molecule has 2 rings (SSSR count). The van der Waals surface area contributed by atoms with Gasteiger partial charge < -0.3 is 5.32 Å². The Balaban J connectivity index is 2.42. The van der Waals surface area contributed by atoms with E-state index in [1.165, 1.54) is 14.9 Å². The quantitative estimate of drug-likeness (QED) is 0.622. The Morgan fingerprint density at radius 3 is 2.56 bits per heavy atom. The van der Waals surface area contributed by atoms with Crippen LogP contribution in [0.3, 0.4) is 0 Å². The first kappa shape index (κ1) is 14.7. The van der Waals surface area contributed by atoms with E-state index in [-0.39, 0.29) is 6.04 Å². The fourth-order valence-corrected chi connectivity index (χ4v) is 5.17. The Bertz CT molecular complexity index is 539. The molecule has 96 valence electrons. The SMILES string of the molecule is CCNC(c1cccc(Br)c1)c1cc(Br)sc1Br. The topological polar surface area (TPSA) is 12.0 Å². The van der Waals surface area contributed by atoms with Gasteiger partial charge in [0, 0.05) is 4.47 Å². The van der Waals surface area contributed by atoms with Crippen molar-refractivity contribution in [2.24, 2.45) is 0 Å². The zero-order valence-electron chi connectivity index (χ0n) is 9.71. The van der Waals surface area contributed by atoms with Gasteiger partial charge in [0.2, 0.25) is 0 Å². The monoisotopic (exact) mass is 451 g/mol. The van der Waals surface area contributed by atoms with Gasteiger partial charge in [-0.25, -0.2) is 0 Å². The highest BCUT2D eigenvalue weighted by Crippen LogP contribution is 2.38. The Labute approximate surface area is 136 Å². The summed E-state index contributed by atoms with van der Waals surface area (Å²) < 4.78 is 3.41. The number of hydrogen-bond acceptors (Lipinski definition) is 2. The summed E-state index contributed by atoms with van der Waals surface area (Å²) in [6.07, 6.45) is 0. The molecule has 0 saturated heterocycles. The Morgan fingerprint density at radius 1 is 1.22 bits per heavy atom. The average molecular weight is 454 g/mol. The summed E-state index contributed by atoms with van der Waals surface area (Å²) in [5, 5.41) is 3.53. The number of nitrogens with one attached hydrogen (secondary N) is 1. The second kappa shape index (κ2) is 6.66. The summed E-state index contributed by atoms with van der Waals surface area (Å²) in [6, 6.07) is 10.8. The van der Waals surface area contributed by atoms with Crippen LogP contribution in [0.5, 0.6) is 0 Å². The van der Waals surface area contributed by atoms with Gasteiger partial charge >= 0.3 is 0 Å². The lowest BCUT2D eigenvalue weighted by atomic mass is 10.0. The second-order valence-electron chi connectivity index (χ2n) is 3.83. The van der Waals surface area contributed by atoms with E-state index in [2.05, 4.69) is 84.3 Å². The van der Waals surface area contributed by atoms with Crippen molar-refractivity contribution in [1.29, 1.82) is 0 Å². The van der Waals surface area contributed by atoms with Crippen LogP contribution in [0.2, 0.25) is 0 Å². The van der Waals surface area contributed by atoms with Crippen LogP contribution in [-0.2, 0) is 0 Å². The molecule has 0 aliphatic rings. The maximum absolute atomic E-state index is 3.64. The van der Waals surface area contributed by atoms with Gasteiger partial charge in [-0.3, -0.25) is 0 Å². The van der Waals surface area contributed by atoms with Crippen LogP contribution in [-0.4, -0.2) is 6.54 Å². The zero-order valence-corrected chi connectivity index (χ0v) is 15.3. The van der Waals surface area contributed by atoms with Crippen LogP contribution in [0, 0.1) is 0 Å².